The normalized spacial score (nSPS) is 10.4. The Kier molecular flexibility index (Phi) is 3.98. The molecule has 1 heterocycles. The van der Waals surface area contributed by atoms with Crippen LogP contribution in [0.25, 0.3) is 0 Å². The lowest BCUT2D eigenvalue weighted by Crippen LogP contribution is -2.00. The first-order valence-corrected chi connectivity index (χ1v) is 6.48. The van der Waals surface area contributed by atoms with Gasteiger partial charge in [0.2, 0.25) is 0 Å². The molecule has 0 unspecified atom stereocenters. The minimum absolute atomic E-state index is 0.469. The van der Waals surface area contributed by atoms with Crippen molar-refractivity contribution in [1.29, 1.82) is 0 Å². The quantitative estimate of drug-likeness (QED) is 0.942. The maximum absolute atomic E-state index is 5.65. The van der Waals surface area contributed by atoms with E-state index in [2.05, 4.69) is 33.0 Å². The number of hydrogen-bond donors (Lipinski definition) is 1. The summed E-state index contributed by atoms with van der Waals surface area (Å²) in [4.78, 5) is 6.55. The van der Waals surface area contributed by atoms with Gasteiger partial charge >= 0.3 is 0 Å². The molecule has 2 N–H and O–H groups in total. The van der Waals surface area contributed by atoms with Crippen molar-refractivity contribution in [3.63, 3.8) is 0 Å². The Morgan fingerprint density at radius 2 is 2.12 bits per heavy atom. The van der Waals surface area contributed by atoms with Crippen molar-refractivity contribution in [3.05, 3.63) is 52.8 Å². The van der Waals surface area contributed by atoms with E-state index < -0.39 is 0 Å². The highest BCUT2D eigenvalue weighted by Crippen LogP contribution is 2.30. The third-order valence-corrected chi connectivity index (χ3v) is 3.64. The highest BCUT2D eigenvalue weighted by Gasteiger charge is 2.03. The zero-order valence-corrected chi connectivity index (χ0v) is 11.0. The maximum Gasteiger partial charge on any atom is 0.0678 e. The van der Waals surface area contributed by atoms with Gasteiger partial charge in [-0.3, -0.25) is 4.98 Å². The zero-order valence-electron chi connectivity index (χ0n) is 8.56. The molecule has 2 rings (SSSR count). The summed E-state index contributed by atoms with van der Waals surface area (Å²) < 4.78 is 1.08. The van der Waals surface area contributed by atoms with Crippen molar-refractivity contribution in [2.45, 2.75) is 16.3 Å². The van der Waals surface area contributed by atoms with Crippen LogP contribution in [0.1, 0.15) is 5.69 Å². The number of pyridine rings is 1. The molecule has 0 bridgehead atoms. The first-order valence-electron chi connectivity index (χ1n) is 4.87. The number of hydrogen-bond acceptors (Lipinski definition) is 3. The fraction of sp³-hybridized carbons (Fsp3) is 0.0833. The molecule has 0 aliphatic carbocycles. The van der Waals surface area contributed by atoms with Crippen LogP contribution in [0.3, 0.4) is 0 Å². The Labute approximate surface area is 107 Å². The molecule has 2 nitrogen and oxygen atoms in total. The van der Waals surface area contributed by atoms with Gasteiger partial charge < -0.3 is 5.73 Å². The molecule has 0 spiro atoms. The average molecular weight is 295 g/mol. The van der Waals surface area contributed by atoms with Gasteiger partial charge in [0.05, 0.1) is 5.69 Å². The van der Waals surface area contributed by atoms with Crippen LogP contribution < -0.4 is 5.73 Å². The lowest BCUT2D eigenvalue weighted by molar-refractivity contribution is 0.944. The smallest absolute Gasteiger partial charge is 0.0678 e. The summed E-state index contributed by atoms with van der Waals surface area (Å²) >= 11 is 5.14. The summed E-state index contributed by atoms with van der Waals surface area (Å²) in [6.45, 7) is 0.469. The first-order chi connectivity index (χ1) is 7.79. The van der Waals surface area contributed by atoms with E-state index in [0.717, 1.165) is 15.1 Å². The Morgan fingerprint density at radius 3 is 2.88 bits per heavy atom. The van der Waals surface area contributed by atoms with E-state index in [-0.39, 0.29) is 0 Å². The first kappa shape index (κ1) is 11.6. The fourth-order valence-electron chi connectivity index (χ4n) is 1.33. The van der Waals surface area contributed by atoms with Gasteiger partial charge in [0.1, 0.15) is 0 Å². The highest BCUT2D eigenvalue weighted by atomic mass is 79.9. The molecule has 82 valence electrons. The average Bonchev–Trinajstić information content (AvgIpc) is 2.30. The molecule has 0 radical (unpaired) electrons. The second-order valence-corrected chi connectivity index (χ2v) is 5.24. The SMILES string of the molecule is NCc1ncccc1Sc1cccc(Br)c1. The number of rotatable bonds is 3. The summed E-state index contributed by atoms with van der Waals surface area (Å²) in [6, 6.07) is 12.2. The molecule has 4 heteroatoms. The summed E-state index contributed by atoms with van der Waals surface area (Å²) in [5, 5.41) is 0. The summed E-state index contributed by atoms with van der Waals surface area (Å²) in [7, 11) is 0. The Hall–Kier alpha value is -0.840. The number of nitrogens with two attached hydrogens (primary N) is 1. The van der Waals surface area contributed by atoms with Gasteiger partial charge in [-0.05, 0) is 30.3 Å². The van der Waals surface area contributed by atoms with Gasteiger partial charge in [0, 0.05) is 27.0 Å². The molecule has 0 aliphatic heterocycles. The van der Waals surface area contributed by atoms with Crippen LogP contribution in [0.4, 0.5) is 0 Å². The summed E-state index contributed by atoms with van der Waals surface area (Å²) in [6.07, 6.45) is 1.77. The minimum atomic E-state index is 0.469. The number of nitrogens with zero attached hydrogens (tertiary/aromatic N) is 1. The Balaban J connectivity index is 2.26. The van der Waals surface area contributed by atoms with Gasteiger partial charge in [-0.25, -0.2) is 0 Å². The predicted octanol–water partition coefficient (Wildman–Crippen LogP) is 3.45. The van der Waals surface area contributed by atoms with E-state index in [4.69, 9.17) is 5.73 Å². The fourth-order valence-corrected chi connectivity index (χ4v) is 2.86. The van der Waals surface area contributed by atoms with E-state index in [0.29, 0.717) is 6.54 Å². The molecule has 0 saturated heterocycles. The number of aromatic nitrogens is 1. The number of benzene rings is 1. The Bertz CT molecular complexity index is 488. The predicted molar refractivity (Wildman–Crippen MR) is 70.4 cm³/mol. The van der Waals surface area contributed by atoms with Crippen LogP contribution >= 0.6 is 27.7 Å². The zero-order chi connectivity index (χ0) is 11.4. The molecular weight excluding hydrogens is 284 g/mol. The van der Waals surface area contributed by atoms with E-state index >= 15 is 0 Å². The third-order valence-electron chi connectivity index (χ3n) is 2.07. The lowest BCUT2D eigenvalue weighted by atomic mass is 10.3. The largest absolute Gasteiger partial charge is 0.325 e. The van der Waals surface area contributed by atoms with Crippen molar-refractivity contribution < 1.29 is 0 Å². The molecule has 0 saturated carbocycles. The monoisotopic (exact) mass is 294 g/mol. The molecule has 0 fully saturated rings. The van der Waals surface area contributed by atoms with Crippen molar-refractivity contribution in [2.75, 3.05) is 0 Å². The molecule has 1 aromatic heterocycles. The van der Waals surface area contributed by atoms with E-state index in [1.54, 1.807) is 18.0 Å². The van der Waals surface area contributed by atoms with Crippen molar-refractivity contribution in [2.24, 2.45) is 5.73 Å². The minimum Gasteiger partial charge on any atom is -0.325 e. The molecule has 16 heavy (non-hydrogen) atoms. The summed E-state index contributed by atoms with van der Waals surface area (Å²) in [5.74, 6) is 0. The molecule has 0 atom stereocenters. The topological polar surface area (TPSA) is 38.9 Å². The van der Waals surface area contributed by atoms with Gasteiger partial charge in [0.25, 0.3) is 0 Å². The highest BCUT2D eigenvalue weighted by molar-refractivity contribution is 9.10. The molecule has 1 aromatic carbocycles. The second kappa shape index (κ2) is 5.48. The van der Waals surface area contributed by atoms with Crippen LogP contribution in [0.15, 0.2) is 56.9 Å². The van der Waals surface area contributed by atoms with Crippen LogP contribution in [0.2, 0.25) is 0 Å². The molecule has 0 aliphatic rings. The van der Waals surface area contributed by atoms with Crippen LogP contribution in [-0.2, 0) is 6.54 Å². The van der Waals surface area contributed by atoms with Crippen molar-refractivity contribution >= 4 is 27.7 Å². The third kappa shape index (κ3) is 2.84. The van der Waals surface area contributed by atoms with Crippen LogP contribution in [0.5, 0.6) is 0 Å². The van der Waals surface area contributed by atoms with Crippen molar-refractivity contribution in [3.8, 4) is 0 Å². The van der Waals surface area contributed by atoms with E-state index in [1.165, 1.54) is 4.90 Å². The number of halogens is 1. The van der Waals surface area contributed by atoms with E-state index in [9.17, 15) is 0 Å². The Morgan fingerprint density at radius 1 is 1.25 bits per heavy atom. The van der Waals surface area contributed by atoms with Crippen LogP contribution in [0, 0.1) is 0 Å². The lowest BCUT2D eigenvalue weighted by Gasteiger charge is -2.06. The molecule has 2 aromatic rings. The van der Waals surface area contributed by atoms with Gasteiger partial charge in [-0.15, -0.1) is 0 Å². The van der Waals surface area contributed by atoms with Crippen molar-refractivity contribution in [1.82, 2.24) is 4.98 Å². The molecular formula is C12H11BrN2S. The van der Waals surface area contributed by atoms with E-state index in [1.807, 2.05) is 24.3 Å². The molecule has 0 amide bonds. The maximum atomic E-state index is 5.65. The van der Waals surface area contributed by atoms with Gasteiger partial charge in [-0.1, -0.05) is 33.8 Å². The second-order valence-electron chi connectivity index (χ2n) is 3.21. The van der Waals surface area contributed by atoms with Gasteiger partial charge in [-0.2, -0.15) is 0 Å². The van der Waals surface area contributed by atoms with Crippen LogP contribution in [-0.4, -0.2) is 4.98 Å². The summed E-state index contributed by atoms with van der Waals surface area (Å²) in [5.41, 5.74) is 6.59. The van der Waals surface area contributed by atoms with Gasteiger partial charge in [0.15, 0.2) is 0 Å². The standard InChI is InChI=1S/C12H11BrN2S/c13-9-3-1-4-10(7-9)16-12-5-2-6-15-11(12)8-14/h1-7H,8,14H2.